The minimum atomic E-state index is -0.231. The van der Waals surface area contributed by atoms with Crippen LogP contribution in [0.4, 0.5) is 4.79 Å². The lowest BCUT2D eigenvalue weighted by atomic mass is 10.00. The summed E-state index contributed by atoms with van der Waals surface area (Å²) >= 11 is 13.6. The van der Waals surface area contributed by atoms with Gasteiger partial charge < -0.3 is 20.7 Å². The molecule has 2 unspecified atom stereocenters. The zero-order valence-corrected chi connectivity index (χ0v) is 17.3. The first-order chi connectivity index (χ1) is 13.0. The number of nitrogens with one attached hydrogen (secondary N) is 3. The highest BCUT2D eigenvalue weighted by molar-refractivity contribution is 7.09. The Labute approximate surface area is 172 Å². The average molecular weight is 429 g/mol. The minimum absolute atomic E-state index is 0.0814. The van der Waals surface area contributed by atoms with Crippen molar-refractivity contribution in [2.24, 2.45) is 0 Å². The molecule has 2 atom stereocenters. The van der Waals surface area contributed by atoms with Crippen molar-refractivity contribution in [1.82, 2.24) is 20.9 Å². The molecule has 1 aliphatic heterocycles. The van der Waals surface area contributed by atoms with Crippen molar-refractivity contribution in [2.75, 3.05) is 19.7 Å². The van der Waals surface area contributed by atoms with Crippen LogP contribution < -0.4 is 16.0 Å². The van der Waals surface area contributed by atoms with Crippen LogP contribution in [-0.2, 0) is 17.7 Å². The Morgan fingerprint density at radius 3 is 2.96 bits per heavy atom. The van der Waals surface area contributed by atoms with Gasteiger partial charge in [0.25, 0.3) is 0 Å². The number of carbonyl (C=O) groups is 1. The van der Waals surface area contributed by atoms with Crippen LogP contribution in [0.2, 0.25) is 10.0 Å². The van der Waals surface area contributed by atoms with Gasteiger partial charge in [-0.2, -0.15) is 0 Å². The Hall–Kier alpha value is -1.38. The molecule has 1 aromatic heterocycles. The van der Waals surface area contributed by atoms with E-state index in [1.54, 1.807) is 6.07 Å². The molecule has 1 saturated heterocycles. The van der Waals surface area contributed by atoms with Crippen molar-refractivity contribution >= 4 is 40.6 Å². The number of amides is 2. The molecule has 0 spiro atoms. The highest BCUT2D eigenvalue weighted by Gasteiger charge is 2.26. The molecule has 0 aliphatic carbocycles. The second-order valence-corrected chi connectivity index (χ2v) is 8.13. The fraction of sp³-hybridized carbons (Fsp3) is 0.444. The van der Waals surface area contributed by atoms with Gasteiger partial charge in [0.2, 0.25) is 0 Å². The Kier molecular flexibility index (Phi) is 7.32. The third-order valence-corrected chi connectivity index (χ3v) is 5.97. The van der Waals surface area contributed by atoms with Crippen LogP contribution in [0.5, 0.6) is 0 Å². The number of rotatable bonds is 6. The number of benzene rings is 1. The zero-order valence-electron chi connectivity index (χ0n) is 14.9. The first-order valence-electron chi connectivity index (χ1n) is 8.73. The first kappa shape index (κ1) is 20.4. The number of aromatic nitrogens is 1. The number of thiazole rings is 1. The quantitative estimate of drug-likeness (QED) is 0.660. The summed E-state index contributed by atoms with van der Waals surface area (Å²) in [5, 5.41) is 13.1. The van der Waals surface area contributed by atoms with Gasteiger partial charge in [0.05, 0.1) is 29.3 Å². The SMILES string of the molecule is Cc1csc(CNC(=O)NCC2OCCNC2Cc2ccc(Cl)c(Cl)c2)n1. The Morgan fingerprint density at radius 2 is 2.22 bits per heavy atom. The Morgan fingerprint density at radius 1 is 1.37 bits per heavy atom. The summed E-state index contributed by atoms with van der Waals surface area (Å²) in [4.78, 5) is 16.4. The van der Waals surface area contributed by atoms with Crippen molar-refractivity contribution in [1.29, 1.82) is 0 Å². The Bertz CT molecular complexity index is 786. The summed E-state index contributed by atoms with van der Waals surface area (Å²) in [7, 11) is 0. The third-order valence-electron chi connectivity index (χ3n) is 4.26. The van der Waals surface area contributed by atoms with Gasteiger partial charge in [0.15, 0.2) is 0 Å². The molecular formula is C18H22Cl2N4O2S. The largest absolute Gasteiger partial charge is 0.373 e. The summed E-state index contributed by atoms with van der Waals surface area (Å²) in [6.45, 7) is 4.16. The molecule has 1 aliphatic rings. The van der Waals surface area contributed by atoms with Gasteiger partial charge in [-0.3, -0.25) is 0 Å². The minimum Gasteiger partial charge on any atom is -0.373 e. The van der Waals surface area contributed by atoms with Crippen molar-refractivity contribution in [2.45, 2.75) is 32.0 Å². The van der Waals surface area contributed by atoms with E-state index in [0.29, 0.717) is 29.7 Å². The highest BCUT2D eigenvalue weighted by atomic mass is 35.5. The van der Waals surface area contributed by atoms with Crippen LogP contribution in [0.15, 0.2) is 23.6 Å². The standard InChI is InChI=1S/C18H22Cl2N4O2S/c1-11-10-27-17(24-11)9-23-18(25)22-8-16-15(21-4-5-26-16)7-12-2-3-13(19)14(20)6-12/h2-3,6,10,15-16,21H,4-5,7-9H2,1H3,(H2,22,23,25). The van der Waals surface area contributed by atoms with E-state index < -0.39 is 0 Å². The first-order valence-corrected chi connectivity index (χ1v) is 10.4. The molecule has 2 heterocycles. The van der Waals surface area contributed by atoms with E-state index in [1.807, 2.05) is 24.4 Å². The second kappa shape index (κ2) is 9.71. The maximum absolute atomic E-state index is 12.1. The molecule has 27 heavy (non-hydrogen) atoms. The number of hydrogen-bond acceptors (Lipinski definition) is 5. The predicted molar refractivity (Wildman–Crippen MR) is 109 cm³/mol. The lowest BCUT2D eigenvalue weighted by Gasteiger charge is -2.33. The maximum Gasteiger partial charge on any atom is 0.315 e. The molecule has 2 amide bonds. The second-order valence-electron chi connectivity index (χ2n) is 6.37. The monoisotopic (exact) mass is 428 g/mol. The van der Waals surface area contributed by atoms with E-state index >= 15 is 0 Å². The number of morpholine rings is 1. The maximum atomic E-state index is 12.1. The summed E-state index contributed by atoms with van der Waals surface area (Å²) in [5.74, 6) is 0. The number of halogens is 2. The zero-order chi connectivity index (χ0) is 19.2. The molecule has 0 bridgehead atoms. The summed E-state index contributed by atoms with van der Waals surface area (Å²) in [6.07, 6.45) is 0.615. The van der Waals surface area contributed by atoms with Gasteiger partial charge in [-0.15, -0.1) is 11.3 Å². The van der Waals surface area contributed by atoms with Gasteiger partial charge in [-0.05, 0) is 31.0 Å². The fourth-order valence-corrected chi connectivity index (χ4v) is 3.96. The van der Waals surface area contributed by atoms with Crippen LogP contribution in [0.3, 0.4) is 0 Å². The predicted octanol–water partition coefficient (Wildman–Crippen LogP) is 3.16. The van der Waals surface area contributed by atoms with Gasteiger partial charge in [0, 0.05) is 30.2 Å². The third kappa shape index (κ3) is 6.05. The van der Waals surface area contributed by atoms with Gasteiger partial charge >= 0.3 is 6.03 Å². The lowest BCUT2D eigenvalue weighted by Crippen LogP contribution is -2.54. The van der Waals surface area contributed by atoms with Crippen LogP contribution in [0.25, 0.3) is 0 Å². The van der Waals surface area contributed by atoms with Crippen molar-refractivity contribution in [3.8, 4) is 0 Å². The van der Waals surface area contributed by atoms with E-state index in [0.717, 1.165) is 29.2 Å². The Balaban J connectivity index is 1.49. The number of nitrogens with zero attached hydrogens (tertiary/aromatic N) is 1. The molecule has 146 valence electrons. The molecule has 0 saturated carbocycles. The van der Waals surface area contributed by atoms with Crippen LogP contribution in [0, 0.1) is 6.92 Å². The highest BCUT2D eigenvalue weighted by Crippen LogP contribution is 2.24. The van der Waals surface area contributed by atoms with Crippen LogP contribution >= 0.6 is 34.5 Å². The molecule has 6 nitrogen and oxygen atoms in total. The van der Waals surface area contributed by atoms with E-state index in [2.05, 4.69) is 20.9 Å². The number of urea groups is 1. The van der Waals surface area contributed by atoms with Gasteiger partial charge in [-0.1, -0.05) is 29.3 Å². The average Bonchev–Trinajstić information content (AvgIpc) is 3.07. The topological polar surface area (TPSA) is 75.3 Å². The van der Waals surface area contributed by atoms with E-state index in [1.165, 1.54) is 11.3 Å². The van der Waals surface area contributed by atoms with Crippen molar-refractivity contribution in [3.63, 3.8) is 0 Å². The normalized spacial score (nSPS) is 19.7. The van der Waals surface area contributed by atoms with Gasteiger partial charge in [-0.25, -0.2) is 9.78 Å². The lowest BCUT2D eigenvalue weighted by molar-refractivity contribution is -0.00114. The van der Waals surface area contributed by atoms with Crippen molar-refractivity contribution in [3.05, 3.63) is 49.9 Å². The summed E-state index contributed by atoms with van der Waals surface area (Å²) in [6, 6.07) is 5.47. The molecular weight excluding hydrogens is 407 g/mol. The number of hydrogen-bond donors (Lipinski definition) is 3. The smallest absolute Gasteiger partial charge is 0.315 e. The summed E-state index contributed by atoms with van der Waals surface area (Å²) < 4.78 is 5.86. The van der Waals surface area contributed by atoms with Crippen LogP contribution in [-0.4, -0.2) is 42.9 Å². The molecule has 1 aromatic carbocycles. The number of ether oxygens (including phenoxy) is 1. The molecule has 1 fully saturated rings. The number of aryl methyl sites for hydroxylation is 1. The molecule has 3 rings (SSSR count). The van der Waals surface area contributed by atoms with E-state index in [4.69, 9.17) is 27.9 Å². The molecule has 0 radical (unpaired) electrons. The van der Waals surface area contributed by atoms with Crippen molar-refractivity contribution < 1.29 is 9.53 Å². The molecule has 3 N–H and O–H groups in total. The van der Waals surface area contributed by atoms with Gasteiger partial charge in [0.1, 0.15) is 5.01 Å². The fourth-order valence-electron chi connectivity index (χ4n) is 2.92. The van der Waals surface area contributed by atoms with Crippen LogP contribution in [0.1, 0.15) is 16.3 Å². The summed E-state index contributed by atoms with van der Waals surface area (Å²) in [5.41, 5.74) is 2.03. The van der Waals surface area contributed by atoms with E-state index in [9.17, 15) is 4.79 Å². The molecule has 2 aromatic rings. The van der Waals surface area contributed by atoms with E-state index in [-0.39, 0.29) is 18.2 Å². The number of carbonyl (C=O) groups excluding carboxylic acids is 1. The molecule has 9 heteroatoms.